The van der Waals surface area contributed by atoms with E-state index in [9.17, 15) is 15.0 Å². The van der Waals surface area contributed by atoms with Crippen molar-refractivity contribution in [2.24, 2.45) is 17.8 Å². The van der Waals surface area contributed by atoms with Crippen LogP contribution in [-0.2, 0) is 11.2 Å². The molecule has 4 nitrogen and oxygen atoms in total. The molecule has 0 unspecified atom stereocenters. The molecule has 0 bridgehead atoms. The number of carbonyl (C=O) groups excluding carboxylic acids is 1. The van der Waals surface area contributed by atoms with E-state index < -0.39 is 6.10 Å². The maximum absolute atomic E-state index is 12.4. The van der Waals surface area contributed by atoms with Crippen molar-refractivity contribution in [2.75, 3.05) is 7.05 Å². The normalized spacial score (nSPS) is 26.3. The summed E-state index contributed by atoms with van der Waals surface area (Å²) >= 11 is 0. The van der Waals surface area contributed by atoms with Crippen molar-refractivity contribution in [1.82, 2.24) is 4.90 Å². The van der Waals surface area contributed by atoms with Crippen LogP contribution in [0.4, 0.5) is 0 Å². The third-order valence-electron chi connectivity index (χ3n) is 7.30. The van der Waals surface area contributed by atoms with Gasteiger partial charge in [0.05, 0.1) is 12.2 Å². The van der Waals surface area contributed by atoms with E-state index in [-0.39, 0.29) is 23.5 Å². The summed E-state index contributed by atoms with van der Waals surface area (Å²) in [5.41, 5.74) is 3.62. The molecule has 1 saturated carbocycles. The Morgan fingerprint density at radius 1 is 1.31 bits per heavy atom. The van der Waals surface area contributed by atoms with Gasteiger partial charge in [-0.1, -0.05) is 53.6 Å². The van der Waals surface area contributed by atoms with Gasteiger partial charge >= 0.3 is 0 Å². The Morgan fingerprint density at radius 3 is 2.75 bits per heavy atom. The van der Waals surface area contributed by atoms with Crippen LogP contribution in [0, 0.1) is 24.7 Å². The zero-order valence-corrected chi connectivity index (χ0v) is 20.4. The molecule has 2 aliphatic carbocycles. The van der Waals surface area contributed by atoms with Crippen molar-refractivity contribution in [2.45, 2.75) is 84.0 Å². The second-order valence-electron chi connectivity index (χ2n) is 10.9. The maximum Gasteiger partial charge on any atom is 0.222 e. The van der Waals surface area contributed by atoms with Crippen LogP contribution >= 0.6 is 0 Å². The smallest absolute Gasteiger partial charge is 0.222 e. The van der Waals surface area contributed by atoms with Crippen molar-refractivity contribution in [3.05, 3.63) is 59.2 Å². The predicted molar refractivity (Wildman–Crippen MR) is 130 cm³/mol. The number of hydrogen-bond donors (Lipinski definition) is 2. The summed E-state index contributed by atoms with van der Waals surface area (Å²) in [6, 6.07) is 8.23. The van der Waals surface area contributed by atoms with Gasteiger partial charge in [-0.2, -0.15) is 0 Å². The molecule has 0 aliphatic heterocycles. The molecule has 176 valence electrons. The second-order valence-corrected chi connectivity index (χ2v) is 10.9. The highest BCUT2D eigenvalue weighted by Crippen LogP contribution is 2.48. The summed E-state index contributed by atoms with van der Waals surface area (Å²) < 4.78 is 0. The number of amides is 1. The highest BCUT2D eigenvalue weighted by molar-refractivity contribution is 5.76. The van der Waals surface area contributed by atoms with Crippen LogP contribution in [-0.4, -0.2) is 45.8 Å². The largest absolute Gasteiger partial charge is 0.392 e. The van der Waals surface area contributed by atoms with Gasteiger partial charge in [-0.15, -0.1) is 0 Å². The Labute approximate surface area is 194 Å². The number of fused-ring (bicyclic) bond motifs is 1. The van der Waals surface area contributed by atoms with Crippen molar-refractivity contribution in [1.29, 1.82) is 0 Å². The van der Waals surface area contributed by atoms with Gasteiger partial charge in [-0.25, -0.2) is 0 Å². The van der Waals surface area contributed by atoms with Gasteiger partial charge in [0.15, 0.2) is 0 Å². The number of aryl methyl sites for hydroxylation is 1. The molecule has 2 aliphatic rings. The van der Waals surface area contributed by atoms with E-state index in [1.807, 2.05) is 36.2 Å². The Balaban J connectivity index is 1.49. The number of allylic oxidation sites excluding steroid dienone is 2. The average Bonchev–Trinajstić information content (AvgIpc) is 3.21. The lowest BCUT2D eigenvalue weighted by atomic mass is 9.88. The molecule has 0 aromatic heterocycles. The van der Waals surface area contributed by atoms with E-state index >= 15 is 0 Å². The zero-order valence-electron chi connectivity index (χ0n) is 20.4. The van der Waals surface area contributed by atoms with Gasteiger partial charge in [0.2, 0.25) is 5.91 Å². The third-order valence-corrected chi connectivity index (χ3v) is 7.30. The minimum atomic E-state index is -0.539. The first-order valence-electron chi connectivity index (χ1n) is 12.1. The summed E-state index contributed by atoms with van der Waals surface area (Å²) in [5.74, 6) is 1.12. The van der Waals surface area contributed by atoms with Crippen molar-refractivity contribution < 1.29 is 15.0 Å². The average molecular weight is 440 g/mol. The summed E-state index contributed by atoms with van der Waals surface area (Å²) in [6.07, 6.45) is 10.2. The van der Waals surface area contributed by atoms with Gasteiger partial charge in [0.25, 0.3) is 0 Å². The molecule has 1 aromatic carbocycles. The summed E-state index contributed by atoms with van der Waals surface area (Å²) in [6.45, 7) is 8.23. The molecular formula is C28H41NO3. The minimum absolute atomic E-state index is 0.0922. The van der Waals surface area contributed by atoms with Crippen LogP contribution in [0.5, 0.6) is 0 Å². The van der Waals surface area contributed by atoms with Crippen LogP contribution < -0.4 is 0 Å². The monoisotopic (exact) mass is 439 g/mol. The summed E-state index contributed by atoms with van der Waals surface area (Å²) in [4.78, 5) is 14.2. The number of carbonyl (C=O) groups is 1. The summed E-state index contributed by atoms with van der Waals surface area (Å²) in [7, 11) is 1.88. The quantitative estimate of drug-likeness (QED) is 0.571. The fourth-order valence-electron chi connectivity index (χ4n) is 5.20. The van der Waals surface area contributed by atoms with Crippen molar-refractivity contribution >= 4 is 5.91 Å². The SMILES string of the molecule is Cc1cccc(C[C@H](O)/C=C/[C@@H]2[C@H]3CC(CCCC(=O)N(C)C(C)(C)C)=C[C@H]3C[C@H]2O)c1. The van der Waals surface area contributed by atoms with Crippen LogP contribution in [0.2, 0.25) is 0 Å². The Morgan fingerprint density at radius 2 is 2.06 bits per heavy atom. The Kier molecular flexibility index (Phi) is 8.00. The van der Waals surface area contributed by atoms with E-state index in [0.717, 1.165) is 31.2 Å². The fraction of sp³-hybridized carbons (Fsp3) is 0.607. The molecule has 0 saturated heterocycles. The third kappa shape index (κ3) is 6.32. The number of aliphatic hydroxyl groups excluding tert-OH is 2. The van der Waals surface area contributed by atoms with Gasteiger partial charge in [0.1, 0.15) is 0 Å². The van der Waals surface area contributed by atoms with E-state index in [1.54, 1.807) is 0 Å². The van der Waals surface area contributed by atoms with E-state index in [1.165, 1.54) is 11.1 Å². The number of benzene rings is 1. The minimum Gasteiger partial charge on any atom is -0.392 e. The molecule has 0 spiro atoms. The topological polar surface area (TPSA) is 60.8 Å². The molecule has 5 atom stereocenters. The number of hydrogen-bond acceptors (Lipinski definition) is 3. The molecule has 1 amide bonds. The number of rotatable bonds is 8. The summed E-state index contributed by atoms with van der Waals surface area (Å²) in [5, 5.41) is 21.1. The van der Waals surface area contributed by atoms with Crippen molar-refractivity contribution in [3.63, 3.8) is 0 Å². The van der Waals surface area contributed by atoms with E-state index in [0.29, 0.717) is 24.7 Å². The lowest BCUT2D eigenvalue weighted by Crippen LogP contribution is -2.42. The van der Waals surface area contributed by atoms with Gasteiger partial charge in [0, 0.05) is 31.3 Å². The predicted octanol–water partition coefficient (Wildman–Crippen LogP) is 4.83. The van der Waals surface area contributed by atoms with Crippen LogP contribution in [0.1, 0.15) is 64.0 Å². The number of aliphatic hydroxyl groups is 2. The first kappa shape index (κ1) is 24.7. The van der Waals surface area contributed by atoms with Crippen molar-refractivity contribution in [3.8, 4) is 0 Å². The first-order valence-corrected chi connectivity index (χ1v) is 12.1. The van der Waals surface area contributed by atoms with Crippen LogP contribution in [0.25, 0.3) is 0 Å². The van der Waals surface area contributed by atoms with Gasteiger partial charge in [-0.05, 0) is 70.8 Å². The van der Waals surface area contributed by atoms with Gasteiger partial charge in [-0.3, -0.25) is 4.79 Å². The Hall–Kier alpha value is -1.91. The second kappa shape index (κ2) is 10.4. The van der Waals surface area contributed by atoms with Crippen LogP contribution in [0.3, 0.4) is 0 Å². The zero-order chi connectivity index (χ0) is 23.5. The highest BCUT2D eigenvalue weighted by atomic mass is 16.3. The number of nitrogens with zero attached hydrogens (tertiary/aromatic N) is 1. The lowest BCUT2D eigenvalue weighted by Gasteiger charge is -2.32. The van der Waals surface area contributed by atoms with E-state index in [2.05, 4.69) is 45.9 Å². The molecule has 32 heavy (non-hydrogen) atoms. The molecule has 1 fully saturated rings. The lowest BCUT2D eigenvalue weighted by molar-refractivity contribution is -0.134. The molecule has 1 aromatic rings. The Bertz CT molecular complexity index is 850. The molecule has 2 N–H and O–H groups in total. The molecule has 0 radical (unpaired) electrons. The standard InChI is InChI=1S/C28H41NO3/c1-19-8-6-9-20(14-19)16-23(30)12-13-24-25-17-21(15-22(25)18-26(24)31)10-7-11-27(32)29(5)28(2,3)4/h6,8-9,12-15,22-26,30-31H,7,10-11,16-18H2,1-5H3/b13-12+/t22-,23+,24+,25-,26+/m0/s1. The van der Waals surface area contributed by atoms with Crippen LogP contribution in [0.15, 0.2) is 48.1 Å². The molecule has 0 heterocycles. The maximum atomic E-state index is 12.4. The fourth-order valence-corrected chi connectivity index (χ4v) is 5.20. The van der Waals surface area contributed by atoms with E-state index in [4.69, 9.17) is 0 Å². The first-order chi connectivity index (χ1) is 15.0. The highest BCUT2D eigenvalue weighted by Gasteiger charge is 2.43. The molecule has 3 rings (SSSR count). The van der Waals surface area contributed by atoms with Gasteiger partial charge < -0.3 is 15.1 Å². The molecular weight excluding hydrogens is 398 g/mol. The molecule has 4 heteroatoms.